The first-order valence-electron chi connectivity index (χ1n) is 8.38. The molecule has 0 spiro atoms. The fourth-order valence-corrected chi connectivity index (χ4v) is 3.44. The third kappa shape index (κ3) is 3.86. The number of alkyl halides is 2. The normalized spacial score (nSPS) is 15.6. The predicted molar refractivity (Wildman–Crippen MR) is 88.3 cm³/mol. The van der Waals surface area contributed by atoms with Crippen LogP contribution in [0.2, 0.25) is 0 Å². The third-order valence-electron chi connectivity index (χ3n) is 4.62. The molecule has 0 unspecified atom stereocenters. The lowest BCUT2D eigenvalue weighted by Crippen LogP contribution is -2.16. The van der Waals surface area contributed by atoms with Crippen molar-refractivity contribution >= 4 is 11.6 Å². The summed E-state index contributed by atoms with van der Waals surface area (Å²) in [7, 11) is 1.47. The average Bonchev–Trinajstić information content (AvgIpc) is 2.98. The fourth-order valence-electron chi connectivity index (χ4n) is 3.44. The molecule has 1 amide bonds. The van der Waals surface area contributed by atoms with Crippen LogP contribution in [0.1, 0.15) is 66.1 Å². The summed E-state index contributed by atoms with van der Waals surface area (Å²) < 4.78 is 41.0. The molecule has 1 aromatic carbocycles. The SMILES string of the molecule is Cn1cc(C(=O)Nc2cc(F)ccc2C2CCCCC2)c(C(F)F)n1. The summed E-state index contributed by atoms with van der Waals surface area (Å²) >= 11 is 0. The monoisotopic (exact) mass is 351 g/mol. The Kier molecular flexibility index (Phi) is 5.11. The van der Waals surface area contributed by atoms with E-state index in [9.17, 15) is 18.0 Å². The van der Waals surface area contributed by atoms with Crippen molar-refractivity contribution in [1.29, 1.82) is 0 Å². The number of nitrogens with one attached hydrogen (secondary N) is 1. The second-order valence-electron chi connectivity index (χ2n) is 6.42. The van der Waals surface area contributed by atoms with E-state index in [0.717, 1.165) is 31.2 Å². The Balaban J connectivity index is 1.89. The molecule has 1 heterocycles. The molecule has 1 N–H and O–H groups in total. The molecule has 0 atom stereocenters. The zero-order valence-electron chi connectivity index (χ0n) is 13.9. The number of aryl methyl sites for hydroxylation is 1. The first-order valence-corrected chi connectivity index (χ1v) is 8.38. The maximum absolute atomic E-state index is 13.7. The third-order valence-corrected chi connectivity index (χ3v) is 4.62. The summed E-state index contributed by atoms with van der Waals surface area (Å²) in [5.41, 5.74) is 0.435. The molecule has 1 aliphatic rings. The van der Waals surface area contributed by atoms with Crippen LogP contribution in [0.4, 0.5) is 18.9 Å². The Morgan fingerprint density at radius 3 is 2.68 bits per heavy atom. The van der Waals surface area contributed by atoms with E-state index in [1.54, 1.807) is 6.07 Å². The number of aromatic nitrogens is 2. The first-order chi connectivity index (χ1) is 12.0. The van der Waals surface area contributed by atoms with Gasteiger partial charge in [-0.1, -0.05) is 25.3 Å². The number of carbonyl (C=O) groups is 1. The number of carbonyl (C=O) groups excluding carboxylic acids is 1. The molecule has 1 saturated carbocycles. The number of rotatable bonds is 4. The molecule has 1 fully saturated rings. The van der Waals surface area contributed by atoms with Crippen molar-refractivity contribution in [3.63, 3.8) is 0 Å². The van der Waals surface area contributed by atoms with Gasteiger partial charge in [-0.15, -0.1) is 0 Å². The van der Waals surface area contributed by atoms with Crippen molar-refractivity contribution in [3.8, 4) is 0 Å². The van der Waals surface area contributed by atoms with E-state index in [4.69, 9.17) is 0 Å². The number of hydrogen-bond donors (Lipinski definition) is 1. The molecule has 0 bridgehead atoms. The van der Waals surface area contributed by atoms with Gasteiger partial charge in [-0.05, 0) is 36.5 Å². The van der Waals surface area contributed by atoms with Crippen molar-refractivity contribution < 1.29 is 18.0 Å². The number of anilines is 1. The zero-order chi connectivity index (χ0) is 18.0. The lowest BCUT2D eigenvalue weighted by molar-refractivity contribution is 0.101. The summed E-state index contributed by atoms with van der Waals surface area (Å²) in [5.74, 6) is -0.936. The van der Waals surface area contributed by atoms with Crippen LogP contribution in [-0.2, 0) is 7.05 Å². The molecule has 134 valence electrons. The highest BCUT2D eigenvalue weighted by Crippen LogP contribution is 2.37. The van der Waals surface area contributed by atoms with Crippen LogP contribution in [0.25, 0.3) is 0 Å². The predicted octanol–water partition coefficient (Wildman–Crippen LogP) is 4.80. The van der Waals surface area contributed by atoms with Gasteiger partial charge in [-0.25, -0.2) is 13.2 Å². The Morgan fingerprint density at radius 1 is 1.28 bits per heavy atom. The van der Waals surface area contributed by atoms with Crippen LogP contribution < -0.4 is 5.32 Å². The molecule has 0 aliphatic heterocycles. The highest BCUT2D eigenvalue weighted by atomic mass is 19.3. The molecule has 4 nitrogen and oxygen atoms in total. The van der Waals surface area contributed by atoms with E-state index in [2.05, 4.69) is 10.4 Å². The minimum absolute atomic E-state index is 0.198. The van der Waals surface area contributed by atoms with Crippen molar-refractivity contribution in [3.05, 3.63) is 47.0 Å². The molecule has 1 aliphatic carbocycles. The van der Waals surface area contributed by atoms with Gasteiger partial charge in [0.25, 0.3) is 12.3 Å². The van der Waals surface area contributed by atoms with Crippen molar-refractivity contribution in [2.45, 2.75) is 44.4 Å². The van der Waals surface area contributed by atoms with E-state index >= 15 is 0 Å². The maximum Gasteiger partial charge on any atom is 0.282 e. The fraction of sp³-hybridized carbons (Fsp3) is 0.444. The van der Waals surface area contributed by atoms with Crippen molar-refractivity contribution in [2.24, 2.45) is 7.05 Å². The quantitative estimate of drug-likeness (QED) is 0.860. The lowest BCUT2D eigenvalue weighted by atomic mass is 9.83. The van der Waals surface area contributed by atoms with Crippen molar-refractivity contribution in [2.75, 3.05) is 5.32 Å². The van der Waals surface area contributed by atoms with Crippen LogP contribution in [0.3, 0.4) is 0 Å². The van der Waals surface area contributed by atoms with Crippen LogP contribution >= 0.6 is 0 Å². The summed E-state index contributed by atoms with van der Waals surface area (Å²) in [6.07, 6.45) is 3.70. The van der Waals surface area contributed by atoms with Crippen LogP contribution in [0, 0.1) is 5.82 Å². The summed E-state index contributed by atoms with van der Waals surface area (Å²) in [4.78, 5) is 12.5. The number of nitrogens with zero attached hydrogens (tertiary/aromatic N) is 2. The van der Waals surface area contributed by atoms with E-state index in [1.165, 1.54) is 36.5 Å². The average molecular weight is 351 g/mol. The highest BCUT2D eigenvalue weighted by Gasteiger charge is 2.25. The van der Waals surface area contributed by atoms with Crippen LogP contribution in [0.15, 0.2) is 24.4 Å². The molecule has 2 aromatic rings. The van der Waals surface area contributed by atoms with Crippen LogP contribution in [-0.4, -0.2) is 15.7 Å². The number of hydrogen-bond acceptors (Lipinski definition) is 2. The summed E-state index contributed by atoms with van der Waals surface area (Å²) in [6, 6.07) is 4.30. The van der Waals surface area contributed by atoms with Gasteiger partial charge in [0.1, 0.15) is 11.5 Å². The second kappa shape index (κ2) is 7.29. The Morgan fingerprint density at radius 2 is 2.00 bits per heavy atom. The van der Waals surface area contributed by atoms with Gasteiger partial charge in [0.05, 0.1) is 5.56 Å². The Labute approximate surface area is 144 Å². The second-order valence-corrected chi connectivity index (χ2v) is 6.42. The van der Waals surface area contributed by atoms with E-state index in [1.807, 2.05) is 0 Å². The minimum Gasteiger partial charge on any atom is -0.322 e. The van der Waals surface area contributed by atoms with Gasteiger partial charge in [0.15, 0.2) is 0 Å². The van der Waals surface area contributed by atoms with Gasteiger partial charge >= 0.3 is 0 Å². The number of benzene rings is 1. The Bertz CT molecular complexity index is 767. The van der Waals surface area contributed by atoms with E-state index < -0.39 is 23.8 Å². The Hall–Kier alpha value is -2.31. The van der Waals surface area contributed by atoms with Crippen LogP contribution in [0.5, 0.6) is 0 Å². The molecule has 0 radical (unpaired) electrons. The van der Waals surface area contributed by atoms with E-state index in [0.29, 0.717) is 5.69 Å². The molecule has 25 heavy (non-hydrogen) atoms. The van der Waals surface area contributed by atoms with E-state index in [-0.39, 0.29) is 11.5 Å². The smallest absolute Gasteiger partial charge is 0.282 e. The van der Waals surface area contributed by atoms with Gasteiger partial charge in [-0.2, -0.15) is 5.10 Å². The van der Waals surface area contributed by atoms with Gasteiger partial charge in [-0.3, -0.25) is 9.48 Å². The zero-order valence-corrected chi connectivity index (χ0v) is 13.9. The molecule has 1 aromatic heterocycles. The molecular formula is C18H20F3N3O. The number of halogens is 3. The molecule has 0 saturated heterocycles. The highest BCUT2D eigenvalue weighted by molar-refractivity contribution is 6.05. The standard InChI is InChI=1S/C18H20F3N3O/c1-24-10-14(16(23-24)17(20)21)18(25)22-15-9-12(19)7-8-13(15)11-5-3-2-4-6-11/h7-11,17H,2-6H2,1H3,(H,22,25). The summed E-state index contributed by atoms with van der Waals surface area (Å²) in [5, 5.41) is 6.24. The van der Waals surface area contributed by atoms with Gasteiger partial charge < -0.3 is 5.32 Å². The molecular weight excluding hydrogens is 331 g/mol. The summed E-state index contributed by atoms with van der Waals surface area (Å²) in [6.45, 7) is 0. The van der Waals surface area contributed by atoms with Gasteiger partial charge in [0, 0.05) is 18.9 Å². The molecule has 3 rings (SSSR count). The van der Waals surface area contributed by atoms with Crippen molar-refractivity contribution in [1.82, 2.24) is 9.78 Å². The maximum atomic E-state index is 13.7. The molecule has 7 heteroatoms. The number of amides is 1. The first kappa shape index (κ1) is 17.5. The minimum atomic E-state index is -2.85. The van der Waals surface area contributed by atoms with Gasteiger partial charge in [0.2, 0.25) is 0 Å². The topological polar surface area (TPSA) is 46.9 Å². The lowest BCUT2D eigenvalue weighted by Gasteiger charge is -2.24. The largest absolute Gasteiger partial charge is 0.322 e.